The van der Waals surface area contributed by atoms with Gasteiger partial charge >= 0.3 is 5.97 Å². The van der Waals surface area contributed by atoms with E-state index in [1.54, 1.807) is 10.7 Å². The van der Waals surface area contributed by atoms with E-state index in [1.807, 2.05) is 23.2 Å². The average molecular weight is 274 g/mol. The summed E-state index contributed by atoms with van der Waals surface area (Å²) in [6.45, 7) is 2.86. The fourth-order valence-corrected chi connectivity index (χ4v) is 2.88. The van der Waals surface area contributed by atoms with Crippen LogP contribution in [-0.2, 0) is 4.79 Å². The summed E-state index contributed by atoms with van der Waals surface area (Å²) >= 11 is 0. The van der Waals surface area contributed by atoms with Gasteiger partial charge < -0.3 is 10.0 Å². The molecule has 0 spiro atoms. The molecule has 0 aliphatic carbocycles. The number of carboxylic acid groups (broad SMARTS) is 1. The first-order valence-electron chi connectivity index (χ1n) is 6.99. The number of hydrogen-bond acceptors (Lipinski definition) is 4. The molecule has 1 fully saturated rings. The number of carbonyl (C=O) groups is 1. The van der Waals surface area contributed by atoms with Gasteiger partial charge in [0.05, 0.1) is 6.20 Å². The second kappa shape index (κ2) is 5.11. The van der Waals surface area contributed by atoms with Crippen molar-refractivity contribution in [3.8, 4) is 0 Å². The first-order chi connectivity index (χ1) is 9.69. The van der Waals surface area contributed by atoms with E-state index >= 15 is 0 Å². The number of carboxylic acids is 1. The number of fused-ring (bicyclic) bond motifs is 1. The van der Waals surface area contributed by atoms with Gasteiger partial charge in [-0.15, -0.1) is 0 Å². The number of nitrogens with zero attached hydrogens (tertiary/aromatic N) is 4. The summed E-state index contributed by atoms with van der Waals surface area (Å²) in [4.78, 5) is 17.9. The lowest BCUT2D eigenvalue weighted by atomic mass is 9.89. The minimum absolute atomic E-state index is 0.480. The van der Waals surface area contributed by atoms with Gasteiger partial charge in [0, 0.05) is 18.8 Å². The van der Waals surface area contributed by atoms with E-state index in [0.29, 0.717) is 12.3 Å². The van der Waals surface area contributed by atoms with Crippen LogP contribution in [0.15, 0.2) is 24.5 Å². The third-order valence-corrected chi connectivity index (χ3v) is 4.11. The highest BCUT2D eigenvalue weighted by atomic mass is 16.4. The lowest BCUT2D eigenvalue weighted by Gasteiger charge is -2.37. The number of anilines is 1. The third kappa shape index (κ3) is 2.21. The zero-order valence-corrected chi connectivity index (χ0v) is 11.4. The molecular weight excluding hydrogens is 256 g/mol. The molecule has 2 aromatic rings. The van der Waals surface area contributed by atoms with E-state index in [4.69, 9.17) is 0 Å². The van der Waals surface area contributed by atoms with Gasteiger partial charge in [-0.1, -0.05) is 13.3 Å². The molecule has 3 rings (SSSR count). The Morgan fingerprint density at radius 2 is 2.35 bits per heavy atom. The highest BCUT2D eigenvalue weighted by molar-refractivity contribution is 5.78. The Bertz CT molecular complexity index is 624. The standard InChI is InChI=1S/C14H18N4O2/c1-2-10-4-7-17(11(9-10)14(19)20)12-5-8-18-13(16-12)3-6-15-18/h3,5-6,8,10-11H,2,4,7,9H2,1H3,(H,19,20). The van der Waals surface area contributed by atoms with Crippen LogP contribution >= 0.6 is 0 Å². The molecule has 0 amide bonds. The Hall–Kier alpha value is -2.11. The van der Waals surface area contributed by atoms with Crippen LogP contribution in [0, 0.1) is 5.92 Å². The van der Waals surface area contributed by atoms with Gasteiger partial charge in [0.2, 0.25) is 0 Å². The van der Waals surface area contributed by atoms with Crippen molar-refractivity contribution in [2.45, 2.75) is 32.2 Å². The summed E-state index contributed by atoms with van der Waals surface area (Å²) in [6, 6.07) is 3.17. The van der Waals surface area contributed by atoms with Crippen LogP contribution in [0.25, 0.3) is 5.65 Å². The van der Waals surface area contributed by atoms with E-state index in [2.05, 4.69) is 17.0 Å². The van der Waals surface area contributed by atoms with Crippen molar-refractivity contribution in [3.63, 3.8) is 0 Å². The van der Waals surface area contributed by atoms with Crippen molar-refractivity contribution >= 4 is 17.4 Å². The topological polar surface area (TPSA) is 70.7 Å². The molecule has 20 heavy (non-hydrogen) atoms. The third-order valence-electron chi connectivity index (χ3n) is 4.11. The molecule has 1 saturated heterocycles. The predicted molar refractivity (Wildman–Crippen MR) is 74.8 cm³/mol. The fourth-order valence-electron chi connectivity index (χ4n) is 2.88. The van der Waals surface area contributed by atoms with Crippen LogP contribution in [0.5, 0.6) is 0 Å². The Labute approximate surface area is 117 Å². The smallest absolute Gasteiger partial charge is 0.326 e. The van der Waals surface area contributed by atoms with Crippen molar-refractivity contribution in [3.05, 3.63) is 24.5 Å². The molecule has 1 N–H and O–H groups in total. The maximum atomic E-state index is 11.5. The Morgan fingerprint density at radius 3 is 3.10 bits per heavy atom. The molecule has 0 saturated carbocycles. The number of aromatic nitrogens is 3. The van der Waals surface area contributed by atoms with Crippen molar-refractivity contribution < 1.29 is 9.90 Å². The molecular formula is C14H18N4O2. The molecule has 1 aliphatic heterocycles. The van der Waals surface area contributed by atoms with E-state index < -0.39 is 12.0 Å². The van der Waals surface area contributed by atoms with Crippen molar-refractivity contribution in [2.24, 2.45) is 5.92 Å². The largest absolute Gasteiger partial charge is 0.480 e. The van der Waals surface area contributed by atoms with Crippen LogP contribution in [0.2, 0.25) is 0 Å². The molecule has 1 aliphatic rings. The molecule has 3 heterocycles. The Kier molecular flexibility index (Phi) is 3.30. The molecule has 6 nitrogen and oxygen atoms in total. The Balaban J connectivity index is 1.92. The zero-order chi connectivity index (χ0) is 14.1. The van der Waals surface area contributed by atoms with Gasteiger partial charge in [-0.3, -0.25) is 0 Å². The van der Waals surface area contributed by atoms with Gasteiger partial charge in [-0.2, -0.15) is 5.10 Å². The molecule has 2 atom stereocenters. The first-order valence-corrected chi connectivity index (χ1v) is 6.99. The van der Waals surface area contributed by atoms with E-state index in [9.17, 15) is 9.90 Å². The van der Waals surface area contributed by atoms with E-state index in [0.717, 1.165) is 30.9 Å². The van der Waals surface area contributed by atoms with E-state index in [-0.39, 0.29) is 0 Å². The van der Waals surface area contributed by atoms with Crippen LogP contribution in [0.1, 0.15) is 26.2 Å². The average Bonchev–Trinajstić information content (AvgIpc) is 2.93. The number of hydrogen-bond donors (Lipinski definition) is 1. The summed E-state index contributed by atoms with van der Waals surface area (Å²) in [6.07, 6.45) is 6.25. The maximum absolute atomic E-state index is 11.5. The van der Waals surface area contributed by atoms with Gasteiger partial charge in [0.25, 0.3) is 0 Å². The van der Waals surface area contributed by atoms with Gasteiger partial charge in [-0.25, -0.2) is 14.3 Å². The minimum atomic E-state index is -0.765. The quantitative estimate of drug-likeness (QED) is 0.924. The summed E-state index contributed by atoms with van der Waals surface area (Å²) in [7, 11) is 0. The first kappa shape index (κ1) is 12.9. The van der Waals surface area contributed by atoms with Gasteiger partial charge in [0.1, 0.15) is 11.9 Å². The Morgan fingerprint density at radius 1 is 1.50 bits per heavy atom. The number of piperidine rings is 1. The second-order valence-corrected chi connectivity index (χ2v) is 5.27. The fraction of sp³-hybridized carbons (Fsp3) is 0.500. The molecule has 0 aromatic carbocycles. The minimum Gasteiger partial charge on any atom is -0.480 e. The summed E-state index contributed by atoms with van der Waals surface area (Å²) in [5, 5.41) is 13.6. The van der Waals surface area contributed by atoms with Crippen molar-refractivity contribution in [1.29, 1.82) is 0 Å². The molecule has 0 bridgehead atoms. The maximum Gasteiger partial charge on any atom is 0.326 e. The normalized spacial score (nSPS) is 23.1. The highest BCUT2D eigenvalue weighted by Crippen LogP contribution is 2.29. The SMILES string of the molecule is CCC1CCN(c2ccn3nccc3n2)C(C(=O)O)C1. The predicted octanol–water partition coefficient (Wildman–Crippen LogP) is 1.81. The summed E-state index contributed by atoms with van der Waals surface area (Å²) < 4.78 is 1.68. The number of rotatable bonds is 3. The summed E-state index contributed by atoms with van der Waals surface area (Å²) in [5.74, 6) is 0.448. The molecule has 106 valence electrons. The van der Waals surface area contributed by atoms with E-state index in [1.165, 1.54) is 0 Å². The monoisotopic (exact) mass is 274 g/mol. The lowest BCUT2D eigenvalue weighted by molar-refractivity contribution is -0.139. The zero-order valence-electron chi connectivity index (χ0n) is 11.4. The lowest BCUT2D eigenvalue weighted by Crippen LogP contribution is -2.47. The van der Waals surface area contributed by atoms with Crippen molar-refractivity contribution in [2.75, 3.05) is 11.4 Å². The van der Waals surface area contributed by atoms with Crippen LogP contribution in [0.3, 0.4) is 0 Å². The molecule has 0 radical (unpaired) electrons. The van der Waals surface area contributed by atoms with Gasteiger partial charge in [-0.05, 0) is 24.8 Å². The summed E-state index contributed by atoms with van der Waals surface area (Å²) in [5.41, 5.74) is 0.740. The molecule has 2 aromatic heterocycles. The van der Waals surface area contributed by atoms with Gasteiger partial charge in [0.15, 0.2) is 5.65 Å². The number of aliphatic carboxylic acids is 1. The van der Waals surface area contributed by atoms with Crippen molar-refractivity contribution in [1.82, 2.24) is 14.6 Å². The van der Waals surface area contributed by atoms with Crippen LogP contribution in [-0.4, -0.2) is 38.3 Å². The highest BCUT2D eigenvalue weighted by Gasteiger charge is 2.33. The second-order valence-electron chi connectivity index (χ2n) is 5.27. The molecule has 2 unspecified atom stereocenters. The van der Waals surface area contributed by atoms with Crippen LogP contribution < -0.4 is 4.90 Å². The molecule has 6 heteroatoms. The van der Waals surface area contributed by atoms with Crippen LogP contribution in [0.4, 0.5) is 5.82 Å².